The third-order valence-corrected chi connectivity index (χ3v) is 6.30. The molecule has 1 aromatic carbocycles. The lowest BCUT2D eigenvalue weighted by Gasteiger charge is -2.22. The Hall–Kier alpha value is -4.54. The van der Waals surface area contributed by atoms with E-state index in [1.165, 1.54) is 12.8 Å². The number of aromatic nitrogens is 4. The van der Waals surface area contributed by atoms with Gasteiger partial charge in [0.2, 0.25) is 0 Å². The molecule has 3 aromatic heterocycles. The molecular weight excluding hydrogens is 523 g/mol. The maximum Gasteiger partial charge on any atom is 0.490 e. The van der Waals surface area contributed by atoms with Crippen molar-refractivity contribution in [1.29, 1.82) is 0 Å². The molecule has 0 bridgehead atoms. The Labute approximate surface area is 229 Å². The number of hydrogen-bond acceptors (Lipinski definition) is 5. The number of carboxylic acids is 1. The number of nitrogens with zero attached hydrogens (tertiary/aromatic N) is 5. The lowest BCUT2D eigenvalue weighted by Crippen LogP contribution is -2.32. The predicted octanol–water partition coefficient (Wildman–Crippen LogP) is 5.71. The van der Waals surface area contributed by atoms with Gasteiger partial charge in [-0.1, -0.05) is 30.3 Å². The van der Waals surface area contributed by atoms with Gasteiger partial charge in [-0.05, 0) is 49.4 Å². The zero-order valence-corrected chi connectivity index (χ0v) is 21.8. The standard InChI is InChI=1S/C27H27N5O.C2HF3O2/c1-2-31(17-20-7-4-3-5-8-20)27(33)25-13-23(19-32(25)18-21-10-11-21)24-15-29-26(30-16-24)22-9-6-12-28-14-22;3-2(4,5)1(6)7/h3-9,12-16,19,21H,2,10-11,17-18H2,1H3;(H,6,7). The van der Waals surface area contributed by atoms with Crippen molar-refractivity contribution in [3.05, 3.63) is 90.8 Å². The maximum atomic E-state index is 13.6. The van der Waals surface area contributed by atoms with Crippen LogP contribution in [0.3, 0.4) is 0 Å². The highest BCUT2D eigenvalue weighted by Gasteiger charge is 2.38. The largest absolute Gasteiger partial charge is 0.490 e. The maximum absolute atomic E-state index is 13.6. The number of carbonyl (C=O) groups excluding carboxylic acids is 1. The van der Waals surface area contributed by atoms with Crippen LogP contribution in [0.2, 0.25) is 0 Å². The van der Waals surface area contributed by atoms with Crippen molar-refractivity contribution in [2.45, 2.75) is 39.0 Å². The summed E-state index contributed by atoms with van der Waals surface area (Å²) in [5, 5.41) is 7.12. The van der Waals surface area contributed by atoms with Crippen LogP contribution in [0, 0.1) is 5.92 Å². The van der Waals surface area contributed by atoms with Gasteiger partial charge >= 0.3 is 12.1 Å². The number of carbonyl (C=O) groups is 2. The Morgan fingerprint density at radius 2 is 1.68 bits per heavy atom. The summed E-state index contributed by atoms with van der Waals surface area (Å²) in [6.45, 7) is 4.16. The molecule has 40 heavy (non-hydrogen) atoms. The Morgan fingerprint density at radius 1 is 1.00 bits per heavy atom. The van der Waals surface area contributed by atoms with Crippen molar-refractivity contribution in [3.8, 4) is 22.5 Å². The van der Waals surface area contributed by atoms with Crippen LogP contribution in [0.4, 0.5) is 13.2 Å². The number of hydrogen-bond donors (Lipinski definition) is 1. The molecule has 0 saturated heterocycles. The molecule has 0 atom stereocenters. The van der Waals surface area contributed by atoms with E-state index in [9.17, 15) is 18.0 Å². The number of amides is 1. The highest BCUT2D eigenvalue weighted by atomic mass is 19.4. The number of alkyl halides is 3. The summed E-state index contributed by atoms with van der Waals surface area (Å²) in [5.74, 6) is -1.40. The van der Waals surface area contributed by atoms with Gasteiger partial charge in [0.25, 0.3) is 5.91 Å². The fourth-order valence-corrected chi connectivity index (χ4v) is 3.99. The zero-order valence-electron chi connectivity index (χ0n) is 21.8. The minimum Gasteiger partial charge on any atom is -0.475 e. The Kier molecular flexibility index (Phi) is 8.93. The Balaban J connectivity index is 0.000000470. The lowest BCUT2D eigenvalue weighted by atomic mass is 10.1. The quantitative estimate of drug-likeness (QED) is 0.301. The third-order valence-electron chi connectivity index (χ3n) is 6.30. The zero-order chi connectivity index (χ0) is 28.7. The molecule has 11 heteroatoms. The van der Waals surface area contributed by atoms with Crippen LogP contribution in [0.15, 0.2) is 79.5 Å². The van der Waals surface area contributed by atoms with Crippen molar-refractivity contribution in [1.82, 2.24) is 24.4 Å². The predicted molar refractivity (Wildman–Crippen MR) is 142 cm³/mol. The van der Waals surface area contributed by atoms with Gasteiger partial charge in [-0.15, -0.1) is 0 Å². The van der Waals surface area contributed by atoms with E-state index in [1.54, 1.807) is 12.4 Å². The Morgan fingerprint density at radius 3 is 2.23 bits per heavy atom. The fourth-order valence-electron chi connectivity index (χ4n) is 3.99. The van der Waals surface area contributed by atoms with Crippen molar-refractivity contribution >= 4 is 11.9 Å². The van der Waals surface area contributed by atoms with Gasteiger partial charge in [0.1, 0.15) is 5.69 Å². The number of benzene rings is 1. The van der Waals surface area contributed by atoms with Crippen molar-refractivity contribution in [2.24, 2.45) is 5.92 Å². The number of pyridine rings is 1. The van der Waals surface area contributed by atoms with E-state index in [1.807, 2.05) is 60.6 Å². The van der Waals surface area contributed by atoms with Gasteiger partial charge in [-0.25, -0.2) is 14.8 Å². The average Bonchev–Trinajstić information content (AvgIpc) is 3.68. The summed E-state index contributed by atoms with van der Waals surface area (Å²) in [6, 6.07) is 15.9. The number of aliphatic carboxylic acids is 1. The van der Waals surface area contributed by atoms with E-state index in [0.29, 0.717) is 24.8 Å². The minimum atomic E-state index is -5.08. The molecule has 0 unspecified atom stereocenters. The molecule has 208 valence electrons. The first kappa shape index (κ1) is 28.5. The summed E-state index contributed by atoms with van der Waals surface area (Å²) in [7, 11) is 0. The second-order valence-electron chi connectivity index (χ2n) is 9.35. The second kappa shape index (κ2) is 12.5. The van der Waals surface area contributed by atoms with Crippen LogP contribution in [0.1, 0.15) is 35.8 Å². The molecular formula is C29H28F3N5O3. The number of halogens is 3. The molecule has 5 rings (SSSR count). The molecule has 1 N–H and O–H groups in total. The second-order valence-corrected chi connectivity index (χ2v) is 9.35. The molecule has 1 fully saturated rings. The molecule has 0 radical (unpaired) electrons. The number of rotatable bonds is 8. The first-order chi connectivity index (χ1) is 19.2. The molecule has 1 aliphatic rings. The van der Waals surface area contributed by atoms with Gasteiger partial charge < -0.3 is 14.6 Å². The molecule has 1 amide bonds. The summed E-state index contributed by atoms with van der Waals surface area (Å²) in [5.41, 5.74) is 4.61. The lowest BCUT2D eigenvalue weighted by molar-refractivity contribution is -0.192. The monoisotopic (exact) mass is 551 g/mol. The van der Waals surface area contributed by atoms with E-state index in [2.05, 4.69) is 37.8 Å². The van der Waals surface area contributed by atoms with E-state index in [-0.39, 0.29) is 5.91 Å². The molecule has 3 heterocycles. The fraction of sp³-hybridized carbons (Fsp3) is 0.276. The first-order valence-electron chi connectivity index (χ1n) is 12.7. The van der Waals surface area contributed by atoms with Crippen LogP contribution >= 0.6 is 0 Å². The summed E-state index contributed by atoms with van der Waals surface area (Å²) in [4.78, 5) is 37.6. The molecule has 1 aliphatic carbocycles. The van der Waals surface area contributed by atoms with Crippen LogP contribution in [0.25, 0.3) is 22.5 Å². The van der Waals surface area contributed by atoms with E-state index in [4.69, 9.17) is 9.90 Å². The highest BCUT2D eigenvalue weighted by molar-refractivity contribution is 5.94. The smallest absolute Gasteiger partial charge is 0.475 e. The molecule has 1 saturated carbocycles. The highest BCUT2D eigenvalue weighted by Crippen LogP contribution is 2.33. The summed E-state index contributed by atoms with van der Waals surface area (Å²) >= 11 is 0. The van der Waals surface area contributed by atoms with Gasteiger partial charge in [-0.3, -0.25) is 9.78 Å². The molecule has 0 spiro atoms. The van der Waals surface area contributed by atoms with Gasteiger partial charge in [0.15, 0.2) is 5.82 Å². The minimum absolute atomic E-state index is 0.0566. The third kappa shape index (κ3) is 7.52. The van der Waals surface area contributed by atoms with Crippen molar-refractivity contribution in [3.63, 3.8) is 0 Å². The molecule has 4 aromatic rings. The van der Waals surface area contributed by atoms with Crippen LogP contribution in [-0.4, -0.2) is 54.1 Å². The van der Waals surface area contributed by atoms with Crippen LogP contribution < -0.4 is 0 Å². The summed E-state index contributed by atoms with van der Waals surface area (Å²) < 4.78 is 33.9. The SMILES string of the molecule is CCN(Cc1ccccc1)C(=O)c1cc(-c2cnc(-c3cccnc3)nc2)cn1CC1CC1.O=C(O)C(F)(F)F. The van der Waals surface area contributed by atoms with Crippen LogP contribution in [-0.2, 0) is 17.9 Å². The van der Waals surface area contributed by atoms with Gasteiger partial charge in [0, 0.05) is 67.3 Å². The number of carboxylic acid groups (broad SMARTS) is 1. The topological polar surface area (TPSA) is 101 Å². The van der Waals surface area contributed by atoms with Gasteiger partial charge in [0.05, 0.1) is 0 Å². The van der Waals surface area contributed by atoms with Gasteiger partial charge in [-0.2, -0.15) is 13.2 Å². The average molecular weight is 552 g/mol. The normalized spacial score (nSPS) is 12.8. The first-order valence-corrected chi connectivity index (χ1v) is 12.7. The van der Waals surface area contributed by atoms with Crippen molar-refractivity contribution < 1.29 is 27.9 Å². The van der Waals surface area contributed by atoms with E-state index < -0.39 is 12.1 Å². The van der Waals surface area contributed by atoms with Crippen LogP contribution in [0.5, 0.6) is 0 Å². The summed E-state index contributed by atoms with van der Waals surface area (Å²) in [6.07, 6.45) is 6.58. The van der Waals surface area contributed by atoms with E-state index >= 15 is 0 Å². The molecule has 8 nitrogen and oxygen atoms in total. The van der Waals surface area contributed by atoms with Crippen molar-refractivity contribution in [2.75, 3.05) is 6.54 Å². The molecule has 0 aliphatic heterocycles. The van der Waals surface area contributed by atoms with E-state index in [0.717, 1.165) is 34.5 Å². The Bertz CT molecular complexity index is 1420.